The maximum Gasteiger partial charge on any atom is 0.264 e. The van der Waals surface area contributed by atoms with Crippen molar-refractivity contribution < 1.29 is 18.0 Å². The van der Waals surface area contributed by atoms with Gasteiger partial charge in [-0.2, -0.15) is 0 Å². The van der Waals surface area contributed by atoms with E-state index >= 15 is 0 Å². The fourth-order valence-corrected chi connectivity index (χ4v) is 6.86. The number of nitrogens with one attached hydrogen (secondary N) is 1. The van der Waals surface area contributed by atoms with Gasteiger partial charge in [-0.3, -0.25) is 13.9 Å². The van der Waals surface area contributed by atoms with Crippen molar-refractivity contribution in [3.05, 3.63) is 130 Å². The number of carbonyl (C=O) groups is 2. The minimum absolute atomic E-state index is 0.0462. The summed E-state index contributed by atoms with van der Waals surface area (Å²) in [7, 11) is -4.17. The molecule has 0 fully saturated rings. The topological polar surface area (TPSA) is 86.8 Å². The zero-order valence-corrected chi connectivity index (χ0v) is 28.5. The monoisotopic (exact) mass is 679 g/mol. The number of hydrogen-bond donors (Lipinski definition) is 1. The molecule has 0 aliphatic heterocycles. The standard InChI is InChI=1S/C36H39Cl2N3O4S/c1-4-27-15-19-31(20-16-27)41(46(44,45)32-13-9-6-10-14-32)25-35(42)40(24-29-17-18-30(37)22-33(29)38)34(36(43)39-23-26(2)3)21-28-11-7-5-8-12-28/h5-20,22,26,34H,4,21,23-25H2,1-3H3,(H,39,43). The first-order valence-corrected chi connectivity index (χ1v) is 17.4. The molecule has 4 aromatic carbocycles. The fourth-order valence-electron chi connectivity index (χ4n) is 4.96. The van der Waals surface area contributed by atoms with Crippen LogP contribution in [0.25, 0.3) is 0 Å². The van der Waals surface area contributed by atoms with E-state index in [1.54, 1.807) is 48.5 Å². The van der Waals surface area contributed by atoms with Gasteiger partial charge in [-0.05, 0) is 65.4 Å². The molecule has 10 heteroatoms. The van der Waals surface area contributed by atoms with E-state index in [-0.39, 0.29) is 29.7 Å². The van der Waals surface area contributed by atoms with E-state index in [0.717, 1.165) is 21.9 Å². The number of amides is 2. The van der Waals surface area contributed by atoms with Gasteiger partial charge in [-0.1, -0.05) is 111 Å². The molecule has 0 saturated carbocycles. The largest absolute Gasteiger partial charge is 0.354 e. The minimum atomic E-state index is -4.17. The molecular formula is C36H39Cl2N3O4S. The van der Waals surface area contributed by atoms with E-state index in [1.165, 1.54) is 17.0 Å². The molecule has 0 bridgehead atoms. The van der Waals surface area contributed by atoms with Gasteiger partial charge in [0.1, 0.15) is 12.6 Å². The number of nitrogens with zero attached hydrogens (tertiary/aromatic N) is 2. The molecule has 4 rings (SSSR count). The van der Waals surface area contributed by atoms with Crippen LogP contribution in [-0.4, -0.2) is 44.3 Å². The number of sulfonamides is 1. The van der Waals surface area contributed by atoms with Gasteiger partial charge in [-0.25, -0.2) is 8.42 Å². The molecule has 0 radical (unpaired) electrons. The Bertz CT molecular complexity index is 1720. The molecule has 0 aliphatic carbocycles. The van der Waals surface area contributed by atoms with Gasteiger partial charge in [0.15, 0.2) is 0 Å². The minimum Gasteiger partial charge on any atom is -0.354 e. The lowest BCUT2D eigenvalue weighted by Crippen LogP contribution is -2.53. The molecule has 242 valence electrons. The lowest BCUT2D eigenvalue weighted by atomic mass is 10.0. The van der Waals surface area contributed by atoms with Crippen LogP contribution in [0, 0.1) is 5.92 Å². The summed E-state index contributed by atoms with van der Waals surface area (Å²) >= 11 is 12.8. The van der Waals surface area contributed by atoms with E-state index in [9.17, 15) is 18.0 Å². The Labute approximate surface area is 282 Å². The molecule has 46 heavy (non-hydrogen) atoms. The third kappa shape index (κ3) is 9.12. The number of aryl methyl sites for hydroxylation is 1. The van der Waals surface area contributed by atoms with Crippen molar-refractivity contribution in [2.45, 2.75) is 51.1 Å². The van der Waals surface area contributed by atoms with Crippen LogP contribution in [0.4, 0.5) is 5.69 Å². The van der Waals surface area contributed by atoms with Crippen molar-refractivity contribution in [1.29, 1.82) is 0 Å². The summed E-state index contributed by atoms with van der Waals surface area (Å²) in [6, 6.07) is 28.5. The second kappa shape index (κ2) is 16.1. The molecule has 0 spiro atoms. The summed E-state index contributed by atoms with van der Waals surface area (Å²) in [5, 5.41) is 3.74. The van der Waals surface area contributed by atoms with Gasteiger partial charge >= 0.3 is 0 Å². The van der Waals surface area contributed by atoms with Crippen molar-refractivity contribution in [3.8, 4) is 0 Å². The second-order valence-electron chi connectivity index (χ2n) is 11.4. The molecule has 1 N–H and O–H groups in total. The third-order valence-electron chi connectivity index (χ3n) is 7.55. The summed E-state index contributed by atoms with van der Waals surface area (Å²) in [4.78, 5) is 29.9. The lowest BCUT2D eigenvalue weighted by Gasteiger charge is -2.34. The smallest absolute Gasteiger partial charge is 0.264 e. The van der Waals surface area contributed by atoms with Crippen LogP contribution >= 0.6 is 23.2 Å². The molecule has 0 saturated heterocycles. The number of halogens is 2. The summed E-state index contributed by atoms with van der Waals surface area (Å²) in [5.41, 5.74) is 2.77. The molecule has 4 aromatic rings. The number of carbonyl (C=O) groups excluding carboxylic acids is 2. The van der Waals surface area contributed by atoms with Gasteiger partial charge in [-0.15, -0.1) is 0 Å². The van der Waals surface area contributed by atoms with Gasteiger partial charge in [0.05, 0.1) is 10.6 Å². The van der Waals surface area contributed by atoms with Crippen LogP contribution in [0.5, 0.6) is 0 Å². The Morgan fingerprint density at radius 1 is 0.826 bits per heavy atom. The molecule has 0 aromatic heterocycles. The van der Waals surface area contributed by atoms with E-state index in [0.29, 0.717) is 27.8 Å². The van der Waals surface area contributed by atoms with Crippen LogP contribution in [0.1, 0.15) is 37.5 Å². The van der Waals surface area contributed by atoms with Crippen molar-refractivity contribution in [1.82, 2.24) is 10.2 Å². The average molecular weight is 681 g/mol. The Morgan fingerprint density at radius 2 is 1.46 bits per heavy atom. The van der Waals surface area contributed by atoms with E-state index in [4.69, 9.17) is 23.2 Å². The van der Waals surface area contributed by atoms with Crippen LogP contribution in [0.2, 0.25) is 10.0 Å². The van der Waals surface area contributed by atoms with Crippen molar-refractivity contribution in [2.24, 2.45) is 5.92 Å². The van der Waals surface area contributed by atoms with Crippen LogP contribution in [0.15, 0.2) is 108 Å². The van der Waals surface area contributed by atoms with E-state index < -0.39 is 28.5 Å². The van der Waals surface area contributed by atoms with Crippen LogP contribution in [-0.2, 0) is 39.0 Å². The molecule has 2 amide bonds. The SMILES string of the molecule is CCc1ccc(N(CC(=O)N(Cc2ccc(Cl)cc2Cl)C(Cc2ccccc2)C(=O)NCC(C)C)S(=O)(=O)c2ccccc2)cc1. The second-order valence-corrected chi connectivity index (χ2v) is 14.2. The molecule has 7 nitrogen and oxygen atoms in total. The molecule has 1 atom stereocenters. The summed E-state index contributed by atoms with van der Waals surface area (Å²) in [6.45, 7) is 5.80. The first kappa shape index (κ1) is 35.0. The zero-order valence-electron chi connectivity index (χ0n) is 26.2. The summed E-state index contributed by atoms with van der Waals surface area (Å²) in [5.74, 6) is -0.736. The molecule has 1 unspecified atom stereocenters. The Hall–Kier alpha value is -3.85. The van der Waals surface area contributed by atoms with Crippen LogP contribution < -0.4 is 9.62 Å². The Balaban J connectivity index is 1.81. The maximum absolute atomic E-state index is 14.6. The summed E-state index contributed by atoms with van der Waals surface area (Å²) < 4.78 is 29.3. The highest BCUT2D eigenvalue weighted by atomic mass is 35.5. The van der Waals surface area contributed by atoms with E-state index in [2.05, 4.69) is 5.32 Å². The number of hydrogen-bond acceptors (Lipinski definition) is 4. The predicted octanol–water partition coefficient (Wildman–Crippen LogP) is 7.16. The summed E-state index contributed by atoms with van der Waals surface area (Å²) in [6.07, 6.45) is 0.977. The quantitative estimate of drug-likeness (QED) is 0.153. The zero-order chi connectivity index (χ0) is 33.3. The predicted molar refractivity (Wildman–Crippen MR) is 186 cm³/mol. The van der Waals surface area contributed by atoms with Gasteiger partial charge in [0, 0.05) is 29.6 Å². The van der Waals surface area contributed by atoms with Gasteiger partial charge < -0.3 is 10.2 Å². The van der Waals surface area contributed by atoms with Gasteiger partial charge in [0.25, 0.3) is 10.0 Å². The highest BCUT2D eigenvalue weighted by molar-refractivity contribution is 7.92. The maximum atomic E-state index is 14.6. The first-order valence-electron chi connectivity index (χ1n) is 15.2. The van der Waals surface area contributed by atoms with Gasteiger partial charge in [0.2, 0.25) is 11.8 Å². The molecular weight excluding hydrogens is 641 g/mol. The number of rotatable bonds is 14. The highest BCUT2D eigenvalue weighted by Crippen LogP contribution is 2.27. The Kier molecular flexibility index (Phi) is 12.3. The van der Waals surface area contributed by atoms with E-state index in [1.807, 2.05) is 63.2 Å². The highest BCUT2D eigenvalue weighted by Gasteiger charge is 2.35. The number of benzene rings is 4. The first-order chi connectivity index (χ1) is 22.0. The molecule has 0 heterocycles. The Morgan fingerprint density at radius 3 is 2.04 bits per heavy atom. The third-order valence-corrected chi connectivity index (χ3v) is 9.93. The van der Waals surface area contributed by atoms with Crippen molar-refractivity contribution >= 4 is 50.7 Å². The fraction of sp³-hybridized carbons (Fsp3) is 0.278. The lowest BCUT2D eigenvalue weighted by molar-refractivity contribution is -0.140. The van der Waals surface area contributed by atoms with Crippen molar-refractivity contribution in [3.63, 3.8) is 0 Å². The van der Waals surface area contributed by atoms with Crippen LogP contribution in [0.3, 0.4) is 0 Å². The number of anilines is 1. The normalized spacial score (nSPS) is 12.0. The molecule has 0 aliphatic rings. The van der Waals surface area contributed by atoms with Crippen molar-refractivity contribution in [2.75, 3.05) is 17.4 Å². The average Bonchev–Trinajstić information content (AvgIpc) is 3.05.